The second kappa shape index (κ2) is 5.26. The minimum absolute atomic E-state index is 0.212. The fraction of sp³-hybridized carbons (Fsp3) is 0.714. The number of anilines is 1. The summed E-state index contributed by atoms with van der Waals surface area (Å²) in [5.41, 5.74) is -1.63. The molecule has 1 N–H and O–H groups in total. The Kier molecular flexibility index (Phi) is 4.01. The fourth-order valence-corrected chi connectivity index (χ4v) is 3.12. The van der Waals surface area contributed by atoms with Gasteiger partial charge in [0.05, 0.1) is 5.25 Å². The van der Waals surface area contributed by atoms with Gasteiger partial charge in [0.1, 0.15) is 5.60 Å². The molecule has 1 heterocycles. The van der Waals surface area contributed by atoms with E-state index in [9.17, 15) is 13.2 Å². The van der Waals surface area contributed by atoms with Gasteiger partial charge in [0.2, 0.25) is 10.0 Å². The minimum atomic E-state index is -3.36. The Labute approximate surface area is 131 Å². The van der Waals surface area contributed by atoms with Gasteiger partial charge in [-0.25, -0.2) is 13.2 Å². The zero-order chi connectivity index (χ0) is 16.8. The first-order valence-electron chi connectivity index (χ1n) is 7.23. The number of esters is 1. The van der Waals surface area contributed by atoms with Crippen LogP contribution in [0.15, 0.2) is 12.3 Å². The molecular formula is C14H23N3O4S. The summed E-state index contributed by atoms with van der Waals surface area (Å²) in [6.45, 7) is 8.72. The van der Waals surface area contributed by atoms with Crippen molar-refractivity contribution in [3.05, 3.63) is 12.3 Å². The van der Waals surface area contributed by atoms with Gasteiger partial charge in [0.15, 0.2) is 11.4 Å². The number of sulfonamides is 1. The molecule has 7 nitrogen and oxygen atoms in total. The van der Waals surface area contributed by atoms with Gasteiger partial charge in [-0.3, -0.25) is 9.40 Å². The number of nitrogens with zero attached hydrogens (tertiary/aromatic N) is 2. The largest absolute Gasteiger partial charge is 0.458 e. The van der Waals surface area contributed by atoms with E-state index in [1.807, 2.05) is 0 Å². The Balaban J connectivity index is 2.14. The molecule has 0 spiro atoms. The number of carbonyl (C=O) groups excluding carboxylic acids is 1. The van der Waals surface area contributed by atoms with Crippen LogP contribution in [0.1, 0.15) is 47.5 Å². The summed E-state index contributed by atoms with van der Waals surface area (Å²) in [6.07, 6.45) is 2.92. The summed E-state index contributed by atoms with van der Waals surface area (Å²) in [7, 11) is -3.36. The molecule has 1 fully saturated rings. The van der Waals surface area contributed by atoms with Crippen LogP contribution < -0.4 is 4.72 Å². The molecule has 0 atom stereocenters. The molecule has 0 saturated heterocycles. The quantitative estimate of drug-likeness (QED) is 0.833. The number of nitrogens with one attached hydrogen (secondary N) is 1. The molecule has 124 valence electrons. The monoisotopic (exact) mass is 329 g/mol. The zero-order valence-electron chi connectivity index (χ0n) is 13.6. The van der Waals surface area contributed by atoms with Crippen molar-refractivity contribution in [2.24, 2.45) is 0 Å². The molecule has 22 heavy (non-hydrogen) atoms. The molecule has 2 rings (SSSR count). The van der Waals surface area contributed by atoms with Gasteiger partial charge in [-0.05, 0) is 47.5 Å². The highest BCUT2D eigenvalue weighted by molar-refractivity contribution is 7.93. The summed E-state index contributed by atoms with van der Waals surface area (Å²) in [4.78, 5) is 12.3. The Morgan fingerprint density at radius 3 is 2.41 bits per heavy atom. The lowest BCUT2D eigenvalue weighted by Gasteiger charge is -2.28. The van der Waals surface area contributed by atoms with E-state index in [1.165, 1.54) is 10.7 Å². The van der Waals surface area contributed by atoms with E-state index in [0.717, 1.165) is 0 Å². The maximum Gasteiger partial charge on any atom is 0.334 e. The van der Waals surface area contributed by atoms with Gasteiger partial charge in [-0.1, -0.05) is 0 Å². The maximum atomic E-state index is 12.3. The molecule has 1 aromatic heterocycles. The number of carbonyl (C=O) groups is 1. The van der Waals surface area contributed by atoms with E-state index in [-0.39, 0.29) is 11.1 Å². The van der Waals surface area contributed by atoms with Crippen molar-refractivity contribution in [2.75, 3.05) is 4.72 Å². The Morgan fingerprint density at radius 1 is 1.32 bits per heavy atom. The van der Waals surface area contributed by atoms with Crippen LogP contribution in [0.3, 0.4) is 0 Å². The number of aromatic nitrogens is 2. The van der Waals surface area contributed by atoms with Gasteiger partial charge in [-0.15, -0.1) is 0 Å². The van der Waals surface area contributed by atoms with E-state index in [4.69, 9.17) is 4.74 Å². The predicted octanol–water partition coefficient (Wildman–Crippen LogP) is 1.86. The molecule has 0 bridgehead atoms. The van der Waals surface area contributed by atoms with Gasteiger partial charge < -0.3 is 4.74 Å². The van der Waals surface area contributed by atoms with Crippen molar-refractivity contribution in [3.63, 3.8) is 0 Å². The first-order valence-corrected chi connectivity index (χ1v) is 8.78. The standard InChI is InChI=1S/C14H23N3O4S/c1-13(2,3)21-12(18)14(4,5)17-9-8-11(15-17)16-22(19,20)10-6-7-10/h8-10H,6-7H2,1-5H3,(H,15,16). The Hall–Kier alpha value is -1.57. The molecule has 0 radical (unpaired) electrons. The van der Waals surface area contributed by atoms with E-state index in [2.05, 4.69) is 9.82 Å². The molecule has 1 aliphatic rings. The summed E-state index contributed by atoms with van der Waals surface area (Å²) >= 11 is 0. The summed E-state index contributed by atoms with van der Waals surface area (Å²) in [5, 5.41) is 3.83. The van der Waals surface area contributed by atoms with Crippen molar-refractivity contribution >= 4 is 21.8 Å². The minimum Gasteiger partial charge on any atom is -0.458 e. The van der Waals surface area contributed by atoms with E-state index >= 15 is 0 Å². The Morgan fingerprint density at radius 2 is 1.91 bits per heavy atom. The van der Waals surface area contributed by atoms with Crippen LogP contribution in [-0.2, 0) is 25.1 Å². The van der Waals surface area contributed by atoms with E-state index in [1.54, 1.807) is 40.8 Å². The van der Waals surface area contributed by atoms with Crippen molar-refractivity contribution in [3.8, 4) is 0 Å². The normalized spacial score (nSPS) is 16.4. The van der Waals surface area contributed by atoms with Crippen LogP contribution >= 0.6 is 0 Å². The highest BCUT2D eigenvalue weighted by Gasteiger charge is 2.37. The average molecular weight is 329 g/mol. The summed E-state index contributed by atoms with van der Waals surface area (Å²) in [6, 6.07) is 1.53. The van der Waals surface area contributed by atoms with E-state index < -0.39 is 27.1 Å². The van der Waals surface area contributed by atoms with Gasteiger partial charge in [-0.2, -0.15) is 5.10 Å². The van der Waals surface area contributed by atoms with Crippen molar-refractivity contribution in [2.45, 2.75) is 63.9 Å². The zero-order valence-corrected chi connectivity index (χ0v) is 14.4. The number of rotatable bonds is 5. The smallest absolute Gasteiger partial charge is 0.334 e. The number of hydrogen-bond acceptors (Lipinski definition) is 5. The molecule has 0 aromatic carbocycles. The fourth-order valence-electron chi connectivity index (χ4n) is 1.79. The van der Waals surface area contributed by atoms with Crippen LogP contribution in [0.5, 0.6) is 0 Å². The third-order valence-corrected chi connectivity index (χ3v) is 5.11. The van der Waals surface area contributed by atoms with Crippen molar-refractivity contribution < 1.29 is 17.9 Å². The second-order valence-corrected chi connectivity index (χ2v) is 9.01. The SMILES string of the molecule is CC(C)(C)OC(=O)C(C)(C)n1ccc(NS(=O)(=O)C2CC2)n1. The van der Waals surface area contributed by atoms with Crippen molar-refractivity contribution in [1.29, 1.82) is 0 Å². The lowest BCUT2D eigenvalue weighted by atomic mass is 10.1. The van der Waals surface area contributed by atoms with Gasteiger partial charge >= 0.3 is 5.97 Å². The van der Waals surface area contributed by atoms with Gasteiger partial charge in [0, 0.05) is 12.3 Å². The number of hydrogen-bond donors (Lipinski definition) is 1. The molecule has 0 amide bonds. The summed E-state index contributed by atoms with van der Waals surface area (Å²) in [5.74, 6) is -0.219. The van der Waals surface area contributed by atoms with Crippen molar-refractivity contribution in [1.82, 2.24) is 9.78 Å². The topological polar surface area (TPSA) is 90.3 Å². The highest BCUT2D eigenvalue weighted by Crippen LogP contribution is 2.29. The third kappa shape index (κ3) is 3.79. The van der Waals surface area contributed by atoms with Gasteiger partial charge in [0.25, 0.3) is 0 Å². The van der Waals surface area contributed by atoms with Crippen LogP contribution in [0.2, 0.25) is 0 Å². The van der Waals surface area contributed by atoms with Crippen LogP contribution in [0, 0.1) is 0 Å². The number of ether oxygens (including phenoxy) is 1. The van der Waals surface area contributed by atoms with Crippen LogP contribution in [0.25, 0.3) is 0 Å². The maximum absolute atomic E-state index is 12.3. The average Bonchev–Trinajstić information content (AvgIpc) is 3.09. The molecular weight excluding hydrogens is 306 g/mol. The first kappa shape index (κ1) is 16.8. The van der Waals surface area contributed by atoms with E-state index in [0.29, 0.717) is 12.8 Å². The molecule has 0 unspecified atom stereocenters. The second-order valence-electron chi connectivity index (χ2n) is 7.05. The first-order chi connectivity index (χ1) is 9.92. The molecule has 1 saturated carbocycles. The molecule has 1 aromatic rings. The highest BCUT2D eigenvalue weighted by atomic mass is 32.2. The summed E-state index contributed by atoms with van der Waals surface area (Å²) < 4.78 is 33.0. The lowest BCUT2D eigenvalue weighted by Crippen LogP contribution is -2.41. The Bertz CT molecular complexity index is 667. The predicted molar refractivity (Wildman–Crippen MR) is 83.0 cm³/mol. The lowest BCUT2D eigenvalue weighted by molar-refractivity contribution is -0.164. The third-order valence-electron chi connectivity index (χ3n) is 3.27. The molecule has 1 aliphatic carbocycles. The molecule has 8 heteroatoms. The van der Waals surface area contributed by atoms with Crippen LogP contribution in [0.4, 0.5) is 5.82 Å². The van der Waals surface area contributed by atoms with Crippen LogP contribution in [-0.4, -0.2) is 35.0 Å². The molecule has 0 aliphatic heterocycles.